The second-order valence-electron chi connectivity index (χ2n) is 5.83. The molecule has 2 aromatic rings. The van der Waals surface area contributed by atoms with Gasteiger partial charge in [0.25, 0.3) is 0 Å². The minimum absolute atomic E-state index is 0.309. The second-order valence-corrected chi connectivity index (χ2v) is 6.74. The second kappa shape index (κ2) is 6.55. The van der Waals surface area contributed by atoms with E-state index < -0.39 is 0 Å². The van der Waals surface area contributed by atoms with E-state index in [0.29, 0.717) is 17.3 Å². The summed E-state index contributed by atoms with van der Waals surface area (Å²) in [5.74, 6) is 0.778. The van der Waals surface area contributed by atoms with Gasteiger partial charge in [-0.05, 0) is 41.3 Å². The Labute approximate surface area is 144 Å². The van der Waals surface area contributed by atoms with E-state index in [0.717, 1.165) is 15.6 Å². The molecule has 0 fully saturated rings. The van der Waals surface area contributed by atoms with E-state index in [2.05, 4.69) is 41.9 Å². The number of carbonyl (C=O) groups excluding carboxylic acids is 1. The van der Waals surface area contributed by atoms with Crippen molar-refractivity contribution >= 4 is 33.7 Å². The molecule has 0 aliphatic carbocycles. The molecule has 0 aromatic heterocycles. The summed E-state index contributed by atoms with van der Waals surface area (Å²) in [6.07, 6.45) is 3.65. The fourth-order valence-electron chi connectivity index (χ4n) is 2.40. The summed E-state index contributed by atoms with van der Waals surface area (Å²) in [4.78, 5) is 12.1. The molecule has 0 amide bonds. The number of esters is 1. The molecule has 1 heterocycles. The van der Waals surface area contributed by atoms with Crippen molar-refractivity contribution in [1.29, 1.82) is 0 Å². The smallest absolute Gasteiger partial charge is 0.343 e. The number of cyclic esters (lactones) is 1. The first-order valence-electron chi connectivity index (χ1n) is 7.54. The number of benzene rings is 2. The molecular formula is C20H17BrO2. The van der Waals surface area contributed by atoms with E-state index in [4.69, 9.17) is 4.74 Å². The van der Waals surface area contributed by atoms with Crippen LogP contribution in [0.1, 0.15) is 36.5 Å². The molecule has 3 heteroatoms. The predicted octanol–water partition coefficient (Wildman–Crippen LogP) is 5.55. The lowest BCUT2D eigenvalue weighted by molar-refractivity contribution is -0.130. The Kier molecular flexibility index (Phi) is 4.49. The van der Waals surface area contributed by atoms with Gasteiger partial charge in [-0.15, -0.1) is 0 Å². The van der Waals surface area contributed by atoms with Crippen LogP contribution in [0.15, 0.2) is 64.7 Å². The third kappa shape index (κ3) is 3.62. The van der Waals surface area contributed by atoms with Gasteiger partial charge in [0.15, 0.2) is 0 Å². The number of ether oxygens (including phenoxy) is 1. The fraction of sp³-hybridized carbons (Fsp3) is 0.150. The average molecular weight is 369 g/mol. The van der Waals surface area contributed by atoms with Gasteiger partial charge in [-0.25, -0.2) is 4.79 Å². The molecule has 0 N–H and O–H groups in total. The molecule has 0 saturated carbocycles. The Morgan fingerprint density at radius 3 is 2.26 bits per heavy atom. The summed E-state index contributed by atoms with van der Waals surface area (Å²) in [7, 11) is 0. The Balaban J connectivity index is 1.87. The van der Waals surface area contributed by atoms with Crippen molar-refractivity contribution in [3.8, 4) is 0 Å². The molecule has 0 spiro atoms. The van der Waals surface area contributed by atoms with Crippen molar-refractivity contribution in [2.45, 2.75) is 19.8 Å². The molecule has 0 radical (unpaired) electrons. The van der Waals surface area contributed by atoms with Gasteiger partial charge in [0, 0.05) is 10.0 Å². The van der Waals surface area contributed by atoms with Crippen molar-refractivity contribution in [1.82, 2.24) is 0 Å². The standard InChI is InChI=1S/C20H17BrO2/c1-13(2)15-5-3-14(4-6-15)11-17-12-19(23-20(17)22)16-7-9-18(21)10-8-16/h3-13H,1-2H3/b17-11-. The minimum Gasteiger partial charge on any atom is -0.422 e. The van der Waals surface area contributed by atoms with Gasteiger partial charge in [-0.1, -0.05) is 66.2 Å². The minimum atomic E-state index is -0.309. The van der Waals surface area contributed by atoms with Gasteiger partial charge < -0.3 is 4.74 Å². The predicted molar refractivity (Wildman–Crippen MR) is 96.7 cm³/mol. The highest BCUT2D eigenvalue weighted by atomic mass is 79.9. The summed E-state index contributed by atoms with van der Waals surface area (Å²) in [5.41, 5.74) is 3.74. The van der Waals surface area contributed by atoms with E-state index in [9.17, 15) is 4.79 Å². The summed E-state index contributed by atoms with van der Waals surface area (Å²) >= 11 is 3.40. The Morgan fingerprint density at radius 1 is 1.00 bits per heavy atom. The Morgan fingerprint density at radius 2 is 1.65 bits per heavy atom. The van der Waals surface area contributed by atoms with Gasteiger partial charge >= 0.3 is 5.97 Å². The topological polar surface area (TPSA) is 26.3 Å². The number of rotatable bonds is 3. The Hall–Kier alpha value is -2.13. The number of halogens is 1. The van der Waals surface area contributed by atoms with Crippen LogP contribution in [0.25, 0.3) is 11.8 Å². The van der Waals surface area contributed by atoms with Crippen LogP contribution in [0.5, 0.6) is 0 Å². The highest BCUT2D eigenvalue weighted by Gasteiger charge is 2.21. The van der Waals surface area contributed by atoms with Gasteiger partial charge in [-0.3, -0.25) is 0 Å². The van der Waals surface area contributed by atoms with Crippen molar-refractivity contribution in [2.75, 3.05) is 0 Å². The molecular weight excluding hydrogens is 352 g/mol. The summed E-state index contributed by atoms with van der Waals surface area (Å²) in [5, 5.41) is 0. The molecule has 0 bridgehead atoms. The molecule has 1 aliphatic rings. The van der Waals surface area contributed by atoms with Crippen LogP contribution < -0.4 is 0 Å². The number of hydrogen-bond acceptors (Lipinski definition) is 2. The molecule has 116 valence electrons. The van der Waals surface area contributed by atoms with Crippen molar-refractivity contribution in [2.24, 2.45) is 0 Å². The highest BCUT2D eigenvalue weighted by Crippen LogP contribution is 2.28. The fourth-order valence-corrected chi connectivity index (χ4v) is 2.67. The van der Waals surface area contributed by atoms with Crippen LogP contribution in [0.2, 0.25) is 0 Å². The normalized spacial score (nSPS) is 15.9. The molecule has 2 aromatic carbocycles. The van der Waals surface area contributed by atoms with E-state index in [1.807, 2.05) is 42.5 Å². The molecule has 0 saturated heterocycles. The molecule has 3 rings (SSSR count). The van der Waals surface area contributed by atoms with Crippen LogP contribution in [0.3, 0.4) is 0 Å². The zero-order valence-electron chi connectivity index (χ0n) is 13.0. The number of carbonyl (C=O) groups is 1. The van der Waals surface area contributed by atoms with Gasteiger partial charge in [0.1, 0.15) is 5.76 Å². The van der Waals surface area contributed by atoms with Crippen LogP contribution in [-0.2, 0) is 9.53 Å². The molecule has 23 heavy (non-hydrogen) atoms. The maximum absolute atomic E-state index is 12.1. The highest BCUT2D eigenvalue weighted by molar-refractivity contribution is 9.10. The lowest BCUT2D eigenvalue weighted by Gasteiger charge is -2.04. The summed E-state index contributed by atoms with van der Waals surface area (Å²) in [6, 6.07) is 15.9. The largest absolute Gasteiger partial charge is 0.422 e. The van der Waals surface area contributed by atoms with Crippen molar-refractivity contribution in [3.63, 3.8) is 0 Å². The maximum atomic E-state index is 12.1. The molecule has 1 aliphatic heterocycles. The average Bonchev–Trinajstić information content (AvgIpc) is 2.89. The van der Waals surface area contributed by atoms with Crippen molar-refractivity contribution < 1.29 is 9.53 Å². The molecule has 0 unspecified atom stereocenters. The summed E-state index contributed by atoms with van der Waals surface area (Å²) < 4.78 is 6.37. The lowest BCUT2D eigenvalue weighted by Crippen LogP contribution is -1.97. The first kappa shape index (κ1) is 15.8. The van der Waals surface area contributed by atoms with Gasteiger partial charge in [0.2, 0.25) is 0 Å². The van der Waals surface area contributed by atoms with E-state index in [1.54, 1.807) is 6.08 Å². The van der Waals surface area contributed by atoms with Gasteiger partial charge in [-0.2, -0.15) is 0 Å². The first-order valence-corrected chi connectivity index (χ1v) is 8.34. The van der Waals surface area contributed by atoms with Crippen LogP contribution in [-0.4, -0.2) is 5.97 Å². The monoisotopic (exact) mass is 368 g/mol. The van der Waals surface area contributed by atoms with E-state index >= 15 is 0 Å². The summed E-state index contributed by atoms with van der Waals surface area (Å²) in [6.45, 7) is 4.32. The third-order valence-electron chi connectivity index (χ3n) is 3.78. The van der Waals surface area contributed by atoms with Crippen LogP contribution >= 0.6 is 15.9 Å². The number of hydrogen-bond donors (Lipinski definition) is 0. The van der Waals surface area contributed by atoms with Crippen LogP contribution in [0.4, 0.5) is 0 Å². The SMILES string of the molecule is CC(C)c1ccc(/C=C2/C=C(c3ccc(Br)cc3)OC2=O)cc1. The lowest BCUT2D eigenvalue weighted by atomic mass is 10.0. The van der Waals surface area contributed by atoms with E-state index in [1.165, 1.54) is 5.56 Å². The zero-order chi connectivity index (χ0) is 16.4. The molecule has 2 nitrogen and oxygen atoms in total. The van der Waals surface area contributed by atoms with Crippen molar-refractivity contribution in [3.05, 3.63) is 81.3 Å². The first-order chi connectivity index (χ1) is 11.0. The third-order valence-corrected chi connectivity index (χ3v) is 4.31. The van der Waals surface area contributed by atoms with E-state index in [-0.39, 0.29) is 5.97 Å². The maximum Gasteiger partial charge on any atom is 0.343 e. The molecule has 0 atom stereocenters. The quantitative estimate of drug-likeness (QED) is 0.524. The zero-order valence-corrected chi connectivity index (χ0v) is 14.6. The van der Waals surface area contributed by atoms with Crippen LogP contribution in [0, 0.1) is 0 Å². The Bertz CT molecular complexity index is 781. The van der Waals surface area contributed by atoms with Gasteiger partial charge in [0.05, 0.1) is 5.57 Å².